The van der Waals surface area contributed by atoms with Crippen LogP contribution >= 0.6 is 15.9 Å². The van der Waals surface area contributed by atoms with Crippen LogP contribution in [-0.2, 0) is 0 Å². The first kappa shape index (κ1) is 10.2. The predicted molar refractivity (Wildman–Crippen MR) is 55.3 cm³/mol. The third kappa shape index (κ3) is 2.08. The van der Waals surface area contributed by atoms with Crippen LogP contribution in [0.25, 0.3) is 0 Å². The molecule has 70 valence electrons. The van der Waals surface area contributed by atoms with E-state index < -0.39 is 0 Å². The predicted octanol–water partition coefficient (Wildman–Crippen LogP) is 1.67. The van der Waals surface area contributed by atoms with Crippen molar-refractivity contribution >= 4 is 21.8 Å². The molecule has 0 heterocycles. The summed E-state index contributed by atoms with van der Waals surface area (Å²) < 4.78 is 0.999. The molecule has 0 unspecified atom stereocenters. The number of halogens is 1. The zero-order chi connectivity index (χ0) is 10.0. The molecule has 1 rings (SSSR count). The van der Waals surface area contributed by atoms with Crippen molar-refractivity contribution < 1.29 is 4.79 Å². The molecular formula is C9H11BrN2O. The molecule has 1 aromatic rings. The summed E-state index contributed by atoms with van der Waals surface area (Å²) in [5.41, 5.74) is 4.65. The second-order valence-electron chi connectivity index (χ2n) is 2.89. The number of hydrogen-bond donors (Lipinski definition) is 2. The van der Waals surface area contributed by atoms with Gasteiger partial charge in [0.1, 0.15) is 0 Å². The van der Waals surface area contributed by atoms with Crippen LogP contribution in [0, 0.1) is 13.8 Å². The number of benzene rings is 1. The van der Waals surface area contributed by atoms with Gasteiger partial charge in [-0.05, 0) is 37.1 Å². The van der Waals surface area contributed by atoms with Gasteiger partial charge in [0.25, 0.3) is 5.91 Å². The molecule has 0 atom stereocenters. The van der Waals surface area contributed by atoms with Crippen LogP contribution in [0.5, 0.6) is 0 Å². The molecule has 1 aromatic carbocycles. The number of nitrogen functional groups attached to an aromatic ring is 1. The number of amides is 1. The van der Waals surface area contributed by atoms with Gasteiger partial charge in [-0.25, -0.2) is 5.84 Å². The summed E-state index contributed by atoms with van der Waals surface area (Å²) in [6.45, 7) is 3.80. The highest BCUT2D eigenvalue weighted by Gasteiger charge is 2.08. The Bertz CT molecular complexity index is 350. The summed E-state index contributed by atoms with van der Waals surface area (Å²) in [5.74, 6) is 4.79. The van der Waals surface area contributed by atoms with Crippen molar-refractivity contribution in [2.24, 2.45) is 5.84 Å². The maximum absolute atomic E-state index is 11.2. The fraction of sp³-hybridized carbons (Fsp3) is 0.222. The minimum atomic E-state index is -0.256. The number of nitrogens with one attached hydrogen (secondary N) is 1. The van der Waals surface area contributed by atoms with Crippen LogP contribution in [0.3, 0.4) is 0 Å². The van der Waals surface area contributed by atoms with Crippen molar-refractivity contribution in [3.63, 3.8) is 0 Å². The van der Waals surface area contributed by atoms with Gasteiger partial charge in [-0.15, -0.1) is 0 Å². The largest absolute Gasteiger partial charge is 0.290 e. The first-order valence-corrected chi connectivity index (χ1v) is 4.63. The molecule has 3 nitrogen and oxygen atoms in total. The van der Waals surface area contributed by atoms with Gasteiger partial charge in [0.05, 0.1) is 0 Å². The normalized spacial score (nSPS) is 9.85. The first-order valence-electron chi connectivity index (χ1n) is 3.84. The maximum Gasteiger partial charge on any atom is 0.265 e. The minimum Gasteiger partial charge on any atom is -0.290 e. The van der Waals surface area contributed by atoms with E-state index in [9.17, 15) is 4.79 Å². The van der Waals surface area contributed by atoms with E-state index in [1.807, 2.05) is 26.0 Å². The highest BCUT2D eigenvalue weighted by molar-refractivity contribution is 9.10. The molecule has 0 aromatic heterocycles. The van der Waals surface area contributed by atoms with E-state index in [0.29, 0.717) is 5.56 Å². The Hall–Kier alpha value is -0.870. The monoisotopic (exact) mass is 242 g/mol. The summed E-state index contributed by atoms with van der Waals surface area (Å²) in [5, 5.41) is 0. The molecule has 0 fully saturated rings. The van der Waals surface area contributed by atoms with Gasteiger partial charge < -0.3 is 0 Å². The molecule has 3 N–H and O–H groups in total. The lowest BCUT2D eigenvalue weighted by molar-refractivity contribution is 0.0953. The first-order chi connectivity index (χ1) is 6.06. The van der Waals surface area contributed by atoms with Gasteiger partial charge in [0.2, 0.25) is 0 Å². The van der Waals surface area contributed by atoms with Crippen LogP contribution in [-0.4, -0.2) is 5.91 Å². The quantitative estimate of drug-likeness (QED) is 0.448. The third-order valence-electron chi connectivity index (χ3n) is 1.88. The topological polar surface area (TPSA) is 55.1 Å². The molecule has 1 amide bonds. The summed E-state index contributed by atoms with van der Waals surface area (Å²) in [6.07, 6.45) is 0. The van der Waals surface area contributed by atoms with E-state index in [4.69, 9.17) is 5.84 Å². The molecule has 13 heavy (non-hydrogen) atoms. The number of nitrogens with two attached hydrogens (primary N) is 1. The fourth-order valence-corrected chi connectivity index (χ4v) is 1.56. The zero-order valence-corrected chi connectivity index (χ0v) is 9.10. The molecule has 0 aliphatic heterocycles. The Labute approximate surface area is 85.4 Å². The molecular weight excluding hydrogens is 232 g/mol. The SMILES string of the molecule is Cc1cc(C(=O)NN)c(C)cc1Br. The molecule has 0 saturated carbocycles. The second kappa shape index (κ2) is 3.89. The number of carbonyl (C=O) groups excluding carboxylic acids is 1. The molecule has 0 spiro atoms. The Morgan fingerprint density at radius 2 is 2.00 bits per heavy atom. The second-order valence-corrected chi connectivity index (χ2v) is 3.74. The van der Waals surface area contributed by atoms with Gasteiger partial charge in [-0.2, -0.15) is 0 Å². The van der Waals surface area contributed by atoms with E-state index in [0.717, 1.165) is 15.6 Å². The lowest BCUT2D eigenvalue weighted by Gasteiger charge is -2.06. The molecule has 0 aliphatic carbocycles. The third-order valence-corrected chi connectivity index (χ3v) is 2.74. The van der Waals surface area contributed by atoms with Crippen LogP contribution in [0.15, 0.2) is 16.6 Å². The Balaban J connectivity index is 3.23. The molecule has 0 saturated heterocycles. The smallest absolute Gasteiger partial charge is 0.265 e. The summed E-state index contributed by atoms with van der Waals surface area (Å²) in [6, 6.07) is 3.71. The molecule has 0 aliphatic rings. The lowest BCUT2D eigenvalue weighted by atomic mass is 10.1. The van der Waals surface area contributed by atoms with Gasteiger partial charge >= 0.3 is 0 Å². The highest BCUT2D eigenvalue weighted by Crippen LogP contribution is 2.20. The van der Waals surface area contributed by atoms with E-state index in [1.165, 1.54) is 0 Å². The molecule has 4 heteroatoms. The van der Waals surface area contributed by atoms with Crippen molar-refractivity contribution in [2.45, 2.75) is 13.8 Å². The van der Waals surface area contributed by atoms with E-state index in [-0.39, 0.29) is 5.91 Å². The van der Waals surface area contributed by atoms with Crippen molar-refractivity contribution in [3.8, 4) is 0 Å². The number of hydrazine groups is 1. The maximum atomic E-state index is 11.2. The Morgan fingerprint density at radius 1 is 1.38 bits per heavy atom. The summed E-state index contributed by atoms with van der Waals surface area (Å²) in [4.78, 5) is 11.2. The number of carbonyl (C=O) groups is 1. The van der Waals surface area contributed by atoms with Crippen LogP contribution < -0.4 is 11.3 Å². The van der Waals surface area contributed by atoms with Crippen LogP contribution in [0.2, 0.25) is 0 Å². The van der Waals surface area contributed by atoms with E-state index >= 15 is 0 Å². The zero-order valence-electron chi connectivity index (χ0n) is 7.52. The fourth-order valence-electron chi connectivity index (χ4n) is 1.10. The van der Waals surface area contributed by atoms with Crippen molar-refractivity contribution in [3.05, 3.63) is 33.3 Å². The van der Waals surface area contributed by atoms with Crippen LogP contribution in [0.4, 0.5) is 0 Å². The summed E-state index contributed by atoms with van der Waals surface area (Å²) >= 11 is 3.39. The average molecular weight is 243 g/mol. The van der Waals surface area contributed by atoms with Gasteiger partial charge in [0, 0.05) is 10.0 Å². The Morgan fingerprint density at radius 3 is 2.54 bits per heavy atom. The standard InChI is InChI=1S/C9H11BrN2O/c1-5-4-8(10)6(2)3-7(5)9(13)12-11/h3-4H,11H2,1-2H3,(H,12,13). The van der Waals surface area contributed by atoms with Crippen molar-refractivity contribution in [1.29, 1.82) is 0 Å². The number of rotatable bonds is 1. The Kier molecular flexibility index (Phi) is 3.06. The van der Waals surface area contributed by atoms with E-state index in [1.54, 1.807) is 0 Å². The number of aryl methyl sites for hydroxylation is 2. The summed E-state index contributed by atoms with van der Waals surface area (Å²) in [7, 11) is 0. The minimum absolute atomic E-state index is 0.256. The molecule has 0 bridgehead atoms. The van der Waals surface area contributed by atoms with Crippen LogP contribution in [0.1, 0.15) is 21.5 Å². The van der Waals surface area contributed by atoms with Gasteiger partial charge in [0.15, 0.2) is 0 Å². The number of hydrogen-bond acceptors (Lipinski definition) is 2. The highest BCUT2D eigenvalue weighted by atomic mass is 79.9. The van der Waals surface area contributed by atoms with E-state index in [2.05, 4.69) is 21.4 Å². The molecule has 0 radical (unpaired) electrons. The van der Waals surface area contributed by atoms with Crippen molar-refractivity contribution in [2.75, 3.05) is 0 Å². The van der Waals surface area contributed by atoms with Gasteiger partial charge in [-0.1, -0.05) is 15.9 Å². The average Bonchev–Trinajstić information content (AvgIpc) is 2.10. The van der Waals surface area contributed by atoms with Gasteiger partial charge in [-0.3, -0.25) is 10.2 Å². The lowest BCUT2D eigenvalue weighted by Crippen LogP contribution is -2.30. The van der Waals surface area contributed by atoms with Crippen molar-refractivity contribution in [1.82, 2.24) is 5.43 Å².